The molecule has 2 N–H and O–H groups in total. The minimum atomic E-state index is -0.474. The number of nitriles is 1. The Morgan fingerprint density at radius 3 is 2.26 bits per heavy atom. The Bertz CT molecular complexity index is 947. The fraction of sp³-hybridized carbons (Fsp3) is 0.0909. The molecular formula is C22H19N3O2. The third-order valence-corrected chi connectivity index (χ3v) is 3.92. The number of para-hydroxylation sites is 2. The summed E-state index contributed by atoms with van der Waals surface area (Å²) >= 11 is 0. The van der Waals surface area contributed by atoms with E-state index in [1.807, 2.05) is 54.6 Å². The molecule has 3 rings (SSSR count). The van der Waals surface area contributed by atoms with Crippen LogP contribution in [0.2, 0.25) is 0 Å². The number of rotatable bonds is 6. The summed E-state index contributed by atoms with van der Waals surface area (Å²) < 4.78 is 5.75. The van der Waals surface area contributed by atoms with Crippen LogP contribution in [0.1, 0.15) is 12.5 Å². The van der Waals surface area contributed by atoms with Gasteiger partial charge in [-0.2, -0.15) is 5.26 Å². The lowest BCUT2D eigenvalue weighted by molar-refractivity contribution is -0.116. The zero-order valence-corrected chi connectivity index (χ0v) is 14.8. The van der Waals surface area contributed by atoms with Crippen molar-refractivity contribution < 1.29 is 9.53 Å². The lowest BCUT2D eigenvalue weighted by atomic mass is 10.2. The van der Waals surface area contributed by atoms with Crippen LogP contribution in [0.25, 0.3) is 0 Å². The van der Waals surface area contributed by atoms with E-state index in [1.54, 1.807) is 31.2 Å². The lowest BCUT2D eigenvalue weighted by Gasteiger charge is -2.16. The van der Waals surface area contributed by atoms with Gasteiger partial charge in [-0.25, -0.2) is 0 Å². The summed E-state index contributed by atoms with van der Waals surface area (Å²) in [5.41, 5.74) is 1.73. The zero-order valence-electron chi connectivity index (χ0n) is 14.8. The van der Waals surface area contributed by atoms with E-state index in [0.29, 0.717) is 17.0 Å². The maximum absolute atomic E-state index is 12.4. The third kappa shape index (κ3) is 4.86. The molecule has 1 amide bonds. The molecule has 1 unspecified atom stereocenters. The first-order chi connectivity index (χ1) is 13.2. The summed E-state index contributed by atoms with van der Waals surface area (Å²) in [6.45, 7) is 1.76. The first-order valence-electron chi connectivity index (χ1n) is 8.55. The highest BCUT2D eigenvalue weighted by molar-refractivity contribution is 5.97. The molecule has 1 atom stereocenters. The van der Waals surface area contributed by atoms with Crippen LogP contribution in [0.15, 0.2) is 78.9 Å². The van der Waals surface area contributed by atoms with Crippen LogP contribution in [0.4, 0.5) is 11.4 Å². The predicted molar refractivity (Wildman–Crippen MR) is 106 cm³/mol. The maximum Gasteiger partial charge on any atom is 0.246 e. The van der Waals surface area contributed by atoms with E-state index in [2.05, 4.69) is 16.7 Å². The van der Waals surface area contributed by atoms with Gasteiger partial charge in [0, 0.05) is 5.69 Å². The number of nitrogens with one attached hydrogen (secondary N) is 2. The number of carbonyl (C=O) groups is 1. The van der Waals surface area contributed by atoms with Gasteiger partial charge in [0.1, 0.15) is 23.6 Å². The van der Waals surface area contributed by atoms with Crippen molar-refractivity contribution >= 4 is 17.3 Å². The van der Waals surface area contributed by atoms with E-state index in [4.69, 9.17) is 10.00 Å². The Morgan fingerprint density at radius 2 is 1.56 bits per heavy atom. The molecule has 0 saturated carbocycles. The van der Waals surface area contributed by atoms with Gasteiger partial charge in [-0.05, 0) is 55.5 Å². The van der Waals surface area contributed by atoms with Gasteiger partial charge in [0.15, 0.2) is 0 Å². The van der Waals surface area contributed by atoms with E-state index >= 15 is 0 Å². The van der Waals surface area contributed by atoms with Gasteiger partial charge in [-0.3, -0.25) is 4.79 Å². The van der Waals surface area contributed by atoms with E-state index in [-0.39, 0.29) is 5.91 Å². The first kappa shape index (κ1) is 18.0. The summed E-state index contributed by atoms with van der Waals surface area (Å²) in [4.78, 5) is 12.4. The van der Waals surface area contributed by atoms with Crippen LogP contribution in [-0.2, 0) is 4.79 Å². The summed E-state index contributed by atoms with van der Waals surface area (Å²) in [7, 11) is 0. The number of anilines is 2. The fourth-order valence-corrected chi connectivity index (χ4v) is 2.49. The van der Waals surface area contributed by atoms with Gasteiger partial charge in [-0.15, -0.1) is 0 Å². The predicted octanol–water partition coefficient (Wildman–Crippen LogP) is 4.79. The summed E-state index contributed by atoms with van der Waals surface area (Å²) in [5.74, 6) is 1.26. The van der Waals surface area contributed by atoms with Gasteiger partial charge in [0.25, 0.3) is 0 Å². The normalized spacial score (nSPS) is 11.1. The smallest absolute Gasteiger partial charge is 0.246 e. The monoisotopic (exact) mass is 357 g/mol. The molecule has 0 aromatic heterocycles. The molecule has 3 aromatic carbocycles. The fourth-order valence-electron chi connectivity index (χ4n) is 2.49. The minimum absolute atomic E-state index is 0.220. The Hall–Kier alpha value is -3.78. The van der Waals surface area contributed by atoms with Crippen LogP contribution in [0.5, 0.6) is 11.5 Å². The highest BCUT2D eigenvalue weighted by Gasteiger charge is 2.14. The maximum atomic E-state index is 12.4. The molecule has 0 heterocycles. The van der Waals surface area contributed by atoms with Gasteiger partial charge in [0.2, 0.25) is 5.91 Å². The molecule has 0 spiro atoms. The minimum Gasteiger partial charge on any atom is -0.457 e. The van der Waals surface area contributed by atoms with Gasteiger partial charge < -0.3 is 15.4 Å². The molecule has 3 aromatic rings. The highest BCUT2D eigenvalue weighted by Crippen LogP contribution is 2.23. The van der Waals surface area contributed by atoms with Crippen molar-refractivity contribution in [1.29, 1.82) is 5.26 Å². The molecule has 5 heteroatoms. The molecule has 134 valence electrons. The van der Waals surface area contributed by atoms with Crippen LogP contribution in [0, 0.1) is 11.3 Å². The molecule has 0 radical (unpaired) electrons. The van der Waals surface area contributed by atoms with Crippen molar-refractivity contribution in [3.8, 4) is 17.6 Å². The second kappa shape index (κ2) is 8.54. The number of benzene rings is 3. The SMILES string of the molecule is CC(Nc1ccc(Oc2ccccc2)cc1)C(=O)Nc1ccccc1C#N. The van der Waals surface area contributed by atoms with Crippen LogP contribution >= 0.6 is 0 Å². The molecule has 27 heavy (non-hydrogen) atoms. The van der Waals surface area contributed by atoms with Crippen LogP contribution in [-0.4, -0.2) is 11.9 Å². The number of carbonyl (C=O) groups excluding carboxylic acids is 1. The van der Waals surface area contributed by atoms with E-state index in [9.17, 15) is 4.79 Å². The summed E-state index contributed by atoms with van der Waals surface area (Å²) in [5, 5.41) is 15.0. The zero-order chi connectivity index (χ0) is 19.1. The highest BCUT2D eigenvalue weighted by atomic mass is 16.5. The topological polar surface area (TPSA) is 74.2 Å². The Morgan fingerprint density at radius 1 is 0.926 bits per heavy atom. The van der Waals surface area contributed by atoms with Crippen LogP contribution in [0.3, 0.4) is 0 Å². The standard InChI is InChI=1S/C22H19N3O2/c1-16(22(26)25-21-10-6-5-7-17(21)15-23)24-18-11-13-20(14-12-18)27-19-8-3-2-4-9-19/h2-14,16,24H,1H3,(H,25,26). The number of nitrogens with zero attached hydrogens (tertiary/aromatic N) is 1. The molecule has 0 saturated heterocycles. The molecule has 0 aliphatic heterocycles. The van der Waals surface area contributed by atoms with Crippen molar-refractivity contribution in [2.75, 3.05) is 10.6 Å². The van der Waals surface area contributed by atoms with Crippen LogP contribution < -0.4 is 15.4 Å². The second-order valence-electron chi connectivity index (χ2n) is 5.95. The molecule has 0 bridgehead atoms. The lowest BCUT2D eigenvalue weighted by Crippen LogP contribution is -2.32. The van der Waals surface area contributed by atoms with Gasteiger partial charge >= 0.3 is 0 Å². The van der Waals surface area contributed by atoms with Crippen molar-refractivity contribution in [2.24, 2.45) is 0 Å². The van der Waals surface area contributed by atoms with Crippen molar-refractivity contribution in [1.82, 2.24) is 0 Å². The Kier molecular flexibility index (Phi) is 5.70. The Balaban J connectivity index is 1.59. The largest absolute Gasteiger partial charge is 0.457 e. The quantitative estimate of drug-likeness (QED) is 0.665. The van der Waals surface area contributed by atoms with Gasteiger partial charge in [-0.1, -0.05) is 30.3 Å². The van der Waals surface area contributed by atoms with Crippen molar-refractivity contribution in [3.05, 3.63) is 84.4 Å². The van der Waals surface area contributed by atoms with E-state index in [0.717, 1.165) is 11.4 Å². The molecule has 0 aliphatic rings. The molecule has 0 aliphatic carbocycles. The number of hydrogen-bond donors (Lipinski definition) is 2. The van der Waals surface area contributed by atoms with Gasteiger partial charge in [0.05, 0.1) is 11.3 Å². The summed E-state index contributed by atoms with van der Waals surface area (Å²) in [6, 6.07) is 25.4. The third-order valence-electron chi connectivity index (χ3n) is 3.92. The average molecular weight is 357 g/mol. The Labute approximate surface area is 158 Å². The molecular weight excluding hydrogens is 338 g/mol. The average Bonchev–Trinajstić information content (AvgIpc) is 2.70. The van der Waals surface area contributed by atoms with Crippen molar-refractivity contribution in [3.63, 3.8) is 0 Å². The first-order valence-corrected chi connectivity index (χ1v) is 8.55. The number of amides is 1. The van der Waals surface area contributed by atoms with Crippen molar-refractivity contribution in [2.45, 2.75) is 13.0 Å². The second-order valence-corrected chi connectivity index (χ2v) is 5.95. The number of ether oxygens (including phenoxy) is 1. The van der Waals surface area contributed by atoms with E-state index < -0.39 is 6.04 Å². The number of hydrogen-bond acceptors (Lipinski definition) is 4. The molecule has 0 fully saturated rings. The van der Waals surface area contributed by atoms with E-state index in [1.165, 1.54) is 0 Å². The molecule has 5 nitrogen and oxygen atoms in total. The summed E-state index contributed by atoms with van der Waals surface area (Å²) in [6.07, 6.45) is 0.